The number of furan rings is 1. The summed E-state index contributed by atoms with van der Waals surface area (Å²) in [5.74, 6) is 1.66. The van der Waals surface area contributed by atoms with E-state index in [4.69, 9.17) is 13.7 Å². The molecule has 0 amide bonds. The summed E-state index contributed by atoms with van der Waals surface area (Å²) in [5, 5.41) is 4.68. The van der Waals surface area contributed by atoms with Crippen molar-refractivity contribution in [2.24, 2.45) is 0 Å². The minimum Gasteiger partial charge on any atom is -0.497 e. The second kappa shape index (κ2) is 8.62. The number of hydrogen-bond acceptors (Lipinski definition) is 7. The molecule has 0 aliphatic carbocycles. The van der Waals surface area contributed by atoms with Crippen LogP contribution < -0.4 is 9.46 Å². The molecule has 0 aliphatic rings. The molecule has 1 N–H and O–H groups in total. The molecule has 2 heterocycles. The molecule has 0 saturated heterocycles. The highest BCUT2D eigenvalue weighted by Crippen LogP contribution is 2.35. The van der Waals surface area contributed by atoms with Crippen molar-refractivity contribution in [2.75, 3.05) is 11.8 Å². The van der Waals surface area contributed by atoms with Crippen LogP contribution in [-0.4, -0.2) is 25.7 Å². The van der Waals surface area contributed by atoms with Gasteiger partial charge in [0.15, 0.2) is 5.76 Å². The fourth-order valence-corrected chi connectivity index (χ4v) is 4.99. The quantitative estimate of drug-likeness (QED) is 0.280. The first-order valence-electron chi connectivity index (χ1n) is 10.1. The molecule has 2 aromatic heterocycles. The first-order chi connectivity index (χ1) is 16.3. The lowest BCUT2D eigenvalue weighted by atomic mass is 10.1. The minimum atomic E-state index is -3.82. The maximum absolute atomic E-state index is 13.0. The number of nitrogens with zero attached hydrogens (tertiary/aromatic N) is 2. The lowest BCUT2D eigenvalue weighted by Crippen LogP contribution is -2.12. The van der Waals surface area contributed by atoms with Crippen LogP contribution in [0.3, 0.4) is 0 Å². The normalized spacial score (nSPS) is 11.6. The van der Waals surface area contributed by atoms with Crippen LogP contribution >= 0.6 is 15.9 Å². The van der Waals surface area contributed by atoms with Crippen LogP contribution in [0.5, 0.6) is 5.75 Å². The Morgan fingerprint density at radius 3 is 2.56 bits per heavy atom. The molecule has 3 aromatic carbocycles. The van der Waals surface area contributed by atoms with Crippen molar-refractivity contribution in [3.8, 4) is 28.8 Å². The van der Waals surface area contributed by atoms with E-state index in [1.165, 1.54) is 6.07 Å². The molecule has 0 unspecified atom stereocenters. The standard InChI is InChI=1S/C24H18BrN3O5S/c1-14-20-13-19(34(29,30)28-17-6-8-18(31-2)9-7-17)10-11-21(20)32-22(14)24-26-23(27-33-24)15-4-3-5-16(25)12-15/h3-13,28H,1-2H3. The Bertz CT molecular complexity index is 1610. The largest absolute Gasteiger partial charge is 0.497 e. The van der Waals surface area contributed by atoms with Gasteiger partial charge in [-0.05, 0) is 61.5 Å². The highest BCUT2D eigenvalue weighted by molar-refractivity contribution is 9.10. The number of aromatic nitrogens is 2. The first-order valence-corrected chi connectivity index (χ1v) is 12.4. The third-order valence-electron chi connectivity index (χ3n) is 5.26. The van der Waals surface area contributed by atoms with Gasteiger partial charge >= 0.3 is 0 Å². The van der Waals surface area contributed by atoms with Gasteiger partial charge in [0.25, 0.3) is 15.9 Å². The summed E-state index contributed by atoms with van der Waals surface area (Å²) in [6, 6.07) is 18.8. The Labute approximate surface area is 203 Å². The Balaban J connectivity index is 1.47. The predicted molar refractivity (Wildman–Crippen MR) is 131 cm³/mol. The number of rotatable bonds is 6. The summed E-state index contributed by atoms with van der Waals surface area (Å²) in [6.45, 7) is 1.82. The lowest BCUT2D eigenvalue weighted by Gasteiger charge is -2.09. The number of ether oxygens (including phenoxy) is 1. The van der Waals surface area contributed by atoms with Gasteiger partial charge in [-0.3, -0.25) is 4.72 Å². The van der Waals surface area contributed by atoms with E-state index in [2.05, 4.69) is 30.8 Å². The smallest absolute Gasteiger partial charge is 0.294 e. The zero-order valence-electron chi connectivity index (χ0n) is 18.1. The number of methoxy groups -OCH3 is 1. The van der Waals surface area contributed by atoms with Gasteiger partial charge in [0, 0.05) is 26.7 Å². The van der Waals surface area contributed by atoms with E-state index in [1.807, 2.05) is 31.2 Å². The Morgan fingerprint density at radius 2 is 1.82 bits per heavy atom. The van der Waals surface area contributed by atoms with Crippen molar-refractivity contribution in [2.45, 2.75) is 11.8 Å². The number of anilines is 1. The molecule has 0 spiro atoms. The van der Waals surface area contributed by atoms with Crippen molar-refractivity contribution >= 4 is 42.6 Å². The van der Waals surface area contributed by atoms with Gasteiger partial charge in [0.1, 0.15) is 11.3 Å². The molecule has 5 aromatic rings. The highest BCUT2D eigenvalue weighted by atomic mass is 79.9. The molecule has 10 heteroatoms. The molecular formula is C24H18BrN3O5S. The molecular weight excluding hydrogens is 522 g/mol. The highest BCUT2D eigenvalue weighted by Gasteiger charge is 2.22. The van der Waals surface area contributed by atoms with E-state index in [9.17, 15) is 8.42 Å². The average molecular weight is 540 g/mol. The van der Waals surface area contributed by atoms with Crippen molar-refractivity contribution in [3.63, 3.8) is 0 Å². The summed E-state index contributed by atoms with van der Waals surface area (Å²) in [4.78, 5) is 4.56. The van der Waals surface area contributed by atoms with Crippen molar-refractivity contribution in [1.29, 1.82) is 0 Å². The van der Waals surface area contributed by atoms with Crippen LogP contribution in [0.2, 0.25) is 0 Å². The fraction of sp³-hybridized carbons (Fsp3) is 0.0833. The Morgan fingerprint density at radius 1 is 1.03 bits per heavy atom. The Kier molecular flexibility index (Phi) is 5.62. The summed E-state index contributed by atoms with van der Waals surface area (Å²) >= 11 is 3.43. The van der Waals surface area contributed by atoms with Crippen molar-refractivity contribution < 1.29 is 22.1 Å². The summed E-state index contributed by atoms with van der Waals surface area (Å²) in [7, 11) is -2.27. The summed E-state index contributed by atoms with van der Waals surface area (Å²) in [5.41, 5.74) is 2.42. The number of benzene rings is 3. The van der Waals surface area contributed by atoms with E-state index in [0.717, 1.165) is 10.0 Å². The number of halogens is 1. The van der Waals surface area contributed by atoms with Gasteiger partial charge in [-0.2, -0.15) is 4.98 Å². The monoisotopic (exact) mass is 539 g/mol. The van der Waals surface area contributed by atoms with Crippen molar-refractivity contribution in [3.05, 3.63) is 76.8 Å². The first kappa shape index (κ1) is 22.2. The summed E-state index contributed by atoms with van der Waals surface area (Å²) in [6.07, 6.45) is 0. The minimum absolute atomic E-state index is 0.103. The van der Waals surface area contributed by atoms with E-state index in [1.54, 1.807) is 43.5 Å². The SMILES string of the molecule is COc1ccc(NS(=O)(=O)c2ccc3oc(-c4nc(-c5cccc(Br)c5)no4)c(C)c3c2)cc1. The van der Waals surface area contributed by atoms with Crippen LogP contribution in [0.4, 0.5) is 5.69 Å². The van der Waals surface area contributed by atoms with E-state index < -0.39 is 10.0 Å². The third kappa shape index (κ3) is 4.17. The maximum Gasteiger partial charge on any atom is 0.294 e. The van der Waals surface area contributed by atoms with Crippen molar-refractivity contribution in [1.82, 2.24) is 10.1 Å². The van der Waals surface area contributed by atoms with Gasteiger partial charge in [0.2, 0.25) is 5.82 Å². The molecule has 0 atom stereocenters. The topological polar surface area (TPSA) is 107 Å². The number of aryl methyl sites for hydroxylation is 1. The number of hydrogen-bond donors (Lipinski definition) is 1. The van der Waals surface area contributed by atoms with Crippen LogP contribution in [-0.2, 0) is 10.0 Å². The molecule has 0 aliphatic heterocycles. The lowest BCUT2D eigenvalue weighted by molar-refractivity contribution is 0.415. The number of nitrogens with one attached hydrogen (secondary N) is 1. The average Bonchev–Trinajstić information content (AvgIpc) is 3.44. The van der Waals surface area contributed by atoms with Crippen LogP contribution in [0, 0.1) is 6.92 Å². The second-order valence-corrected chi connectivity index (χ2v) is 10.1. The van der Waals surface area contributed by atoms with Gasteiger partial charge < -0.3 is 13.7 Å². The molecule has 8 nitrogen and oxygen atoms in total. The van der Waals surface area contributed by atoms with Gasteiger partial charge in [0.05, 0.1) is 12.0 Å². The van der Waals surface area contributed by atoms with E-state index >= 15 is 0 Å². The Hall–Kier alpha value is -3.63. The third-order valence-corrected chi connectivity index (χ3v) is 7.14. The molecule has 0 bridgehead atoms. The van der Waals surface area contributed by atoms with Crippen LogP contribution in [0.15, 0.2) is 85.0 Å². The van der Waals surface area contributed by atoms with Gasteiger partial charge in [-0.15, -0.1) is 0 Å². The second-order valence-electron chi connectivity index (χ2n) is 7.48. The molecule has 0 fully saturated rings. The van der Waals surface area contributed by atoms with E-state index in [0.29, 0.717) is 39.6 Å². The number of fused-ring (bicyclic) bond motifs is 1. The molecule has 0 radical (unpaired) electrons. The van der Waals surface area contributed by atoms with Gasteiger partial charge in [-0.25, -0.2) is 8.42 Å². The van der Waals surface area contributed by atoms with Crippen LogP contribution in [0.1, 0.15) is 5.56 Å². The zero-order valence-corrected chi connectivity index (χ0v) is 20.5. The van der Waals surface area contributed by atoms with Gasteiger partial charge in [-0.1, -0.05) is 33.2 Å². The zero-order chi connectivity index (χ0) is 23.9. The van der Waals surface area contributed by atoms with E-state index in [-0.39, 0.29) is 10.8 Å². The van der Waals surface area contributed by atoms with Crippen LogP contribution in [0.25, 0.3) is 34.0 Å². The predicted octanol–water partition coefficient (Wildman–Crippen LogP) is 6.03. The molecule has 172 valence electrons. The molecule has 5 rings (SSSR count). The fourth-order valence-electron chi connectivity index (χ4n) is 3.50. The molecule has 34 heavy (non-hydrogen) atoms. The summed E-state index contributed by atoms with van der Waals surface area (Å²) < 4.78 is 45.9. The maximum atomic E-state index is 13.0. The molecule has 0 saturated carbocycles. The number of sulfonamides is 1.